The van der Waals surface area contributed by atoms with Crippen molar-refractivity contribution in [2.24, 2.45) is 5.92 Å². The number of hydrogen-bond donors (Lipinski definition) is 1. The van der Waals surface area contributed by atoms with Gasteiger partial charge in [0.05, 0.1) is 24.2 Å². The van der Waals surface area contributed by atoms with E-state index in [1.807, 2.05) is 38.1 Å². The number of rotatable bonds is 7. The lowest BCUT2D eigenvalue weighted by Gasteiger charge is -2.36. The molecule has 0 unspecified atom stereocenters. The first kappa shape index (κ1) is 25.2. The number of ether oxygens (including phenoxy) is 2. The molecule has 1 heterocycles. The third-order valence-corrected chi connectivity index (χ3v) is 6.60. The van der Waals surface area contributed by atoms with E-state index >= 15 is 0 Å². The second-order valence-corrected chi connectivity index (χ2v) is 9.63. The minimum atomic E-state index is -0.745. The highest BCUT2D eigenvalue weighted by atomic mass is 16.6. The Hall–Kier alpha value is -3.94. The van der Waals surface area contributed by atoms with Crippen LogP contribution in [0, 0.1) is 16.0 Å². The second-order valence-electron chi connectivity index (χ2n) is 9.63. The predicted molar refractivity (Wildman–Crippen MR) is 134 cm³/mol. The number of methoxy groups -OCH3 is 1. The Labute approximate surface area is 210 Å². The quantitative estimate of drug-likeness (QED) is 0.324. The minimum Gasteiger partial charge on any atom is -0.497 e. The van der Waals surface area contributed by atoms with Crippen molar-refractivity contribution in [1.82, 2.24) is 5.32 Å². The van der Waals surface area contributed by atoms with E-state index in [4.69, 9.17) is 9.47 Å². The highest BCUT2D eigenvalue weighted by Crippen LogP contribution is 2.46. The van der Waals surface area contributed by atoms with Crippen LogP contribution in [0.2, 0.25) is 0 Å². The van der Waals surface area contributed by atoms with Crippen LogP contribution in [0.4, 0.5) is 5.69 Å². The minimum absolute atomic E-state index is 0.0392. The number of nitro benzene ring substituents is 1. The first-order chi connectivity index (χ1) is 17.2. The highest BCUT2D eigenvalue weighted by molar-refractivity contribution is 6.04. The van der Waals surface area contributed by atoms with E-state index in [0.29, 0.717) is 28.8 Å². The molecular formula is C28H30N2O6. The molecule has 2 aliphatic rings. The van der Waals surface area contributed by atoms with E-state index in [1.165, 1.54) is 12.1 Å². The summed E-state index contributed by atoms with van der Waals surface area (Å²) >= 11 is 0. The van der Waals surface area contributed by atoms with Gasteiger partial charge >= 0.3 is 5.97 Å². The van der Waals surface area contributed by atoms with E-state index in [1.54, 1.807) is 26.2 Å². The number of allylic oxidation sites excluding steroid dienone is 3. The number of esters is 1. The SMILES string of the molecule is COc1ccc([C@@H]2CC(=O)C3=C(C2)NC(C)=C(C(=O)OCC(C)C)[C@H]3c2cccc([N+](=O)[O-])c2)cc1. The normalized spacial score (nSPS) is 19.6. The maximum atomic E-state index is 13.6. The largest absolute Gasteiger partial charge is 0.497 e. The molecule has 1 N–H and O–H groups in total. The van der Waals surface area contributed by atoms with Gasteiger partial charge in [-0.2, -0.15) is 0 Å². The fourth-order valence-electron chi connectivity index (χ4n) is 4.89. The molecular weight excluding hydrogens is 460 g/mol. The summed E-state index contributed by atoms with van der Waals surface area (Å²) in [7, 11) is 1.61. The van der Waals surface area contributed by atoms with Crippen molar-refractivity contribution in [2.75, 3.05) is 13.7 Å². The number of benzene rings is 2. The molecule has 0 aromatic heterocycles. The van der Waals surface area contributed by atoms with E-state index in [2.05, 4.69) is 5.32 Å². The van der Waals surface area contributed by atoms with Crippen LogP contribution in [0.25, 0.3) is 0 Å². The topological polar surface area (TPSA) is 108 Å². The number of non-ortho nitro benzene ring substituents is 1. The highest BCUT2D eigenvalue weighted by Gasteiger charge is 2.41. The van der Waals surface area contributed by atoms with Crippen molar-refractivity contribution in [3.63, 3.8) is 0 Å². The van der Waals surface area contributed by atoms with Crippen LogP contribution < -0.4 is 10.1 Å². The van der Waals surface area contributed by atoms with Gasteiger partial charge in [0.2, 0.25) is 0 Å². The molecule has 0 amide bonds. The number of carbonyl (C=O) groups excluding carboxylic acids is 2. The van der Waals surface area contributed by atoms with Gasteiger partial charge < -0.3 is 14.8 Å². The van der Waals surface area contributed by atoms with Gasteiger partial charge in [0.25, 0.3) is 5.69 Å². The summed E-state index contributed by atoms with van der Waals surface area (Å²) in [6, 6.07) is 13.8. The molecule has 8 heteroatoms. The Kier molecular flexibility index (Phi) is 7.24. The molecule has 0 bridgehead atoms. The van der Waals surface area contributed by atoms with Crippen LogP contribution in [-0.2, 0) is 14.3 Å². The van der Waals surface area contributed by atoms with Crippen molar-refractivity contribution in [3.8, 4) is 5.75 Å². The summed E-state index contributed by atoms with van der Waals surface area (Å²) in [5.41, 5.74) is 3.55. The summed E-state index contributed by atoms with van der Waals surface area (Å²) in [6.45, 7) is 5.89. The number of nitro groups is 1. The molecule has 0 saturated carbocycles. The van der Waals surface area contributed by atoms with Crippen molar-refractivity contribution >= 4 is 17.4 Å². The summed E-state index contributed by atoms with van der Waals surface area (Å²) < 4.78 is 10.8. The summed E-state index contributed by atoms with van der Waals surface area (Å²) in [5, 5.41) is 14.8. The number of ketones is 1. The van der Waals surface area contributed by atoms with Crippen LogP contribution in [0.1, 0.15) is 56.6 Å². The number of Topliss-reactive ketones (excluding diaryl/α,β-unsaturated/α-hetero) is 1. The Morgan fingerprint density at radius 1 is 1.14 bits per heavy atom. The van der Waals surface area contributed by atoms with Crippen LogP contribution >= 0.6 is 0 Å². The van der Waals surface area contributed by atoms with Gasteiger partial charge in [-0.15, -0.1) is 0 Å². The molecule has 188 valence electrons. The predicted octanol–water partition coefficient (Wildman–Crippen LogP) is 5.16. The molecule has 1 aliphatic heterocycles. The number of carbonyl (C=O) groups is 2. The standard InChI is InChI=1S/C28H30N2O6/c1-16(2)15-36-28(32)25-17(3)29-23-13-20(18-8-10-22(35-4)11-9-18)14-24(31)27(23)26(25)19-6-5-7-21(12-19)30(33)34/h5-12,16,20,26,29H,13-15H2,1-4H3/t20-,26+/m0/s1. The van der Waals surface area contributed by atoms with Crippen molar-refractivity contribution < 1.29 is 24.0 Å². The zero-order valence-electron chi connectivity index (χ0n) is 20.9. The number of nitrogens with zero attached hydrogens (tertiary/aromatic N) is 1. The molecule has 36 heavy (non-hydrogen) atoms. The third-order valence-electron chi connectivity index (χ3n) is 6.60. The maximum Gasteiger partial charge on any atom is 0.336 e. The molecule has 1 aliphatic carbocycles. The lowest BCUT2D eigenvalue weighted by molar-refractivity contribution is -0.384. The van der Waals surface area contributed by atoms with Gasteiger partial charge in [0.15, 0.2) is 5.78 Å². The van der Waals surface area contributed by atoms with Gasteiger partial charge in [-0.3, -0.25) is 14.9 Å². The van der Waals surface area contributed by atoms with E-state index in [0.717, 1.165) is 17.0 Å². The maximum absolute atomic E-state index is 13.6. The van der Waals surface area contributed by atoms with E-state index in [-0.39, 0.29) is 36.3 Å². The molecule has 4 rings (SSSR count). The van der Waals surface area contributed by atoms with Crippen LogP contribution in [0.15, 0.2) is 71.1 Å². The smallest absolute Gasteiger partial charge is 0.336 e. The van der Waals surface area contributed by atoms with Crippen LogP contribution in [-0.4, -0.2) is 30.4 Å². The van der Waals surface area contributed by atoms with Crippen molar-refractivity contribution in [2.45, 2.75) is 45.4 Å². The lowest BCUT2D eigenvalue weighted by Crippen LogP contribution is -2.36. The van der Waals surface area contributed by atoms with Gasteiger partial charge in [-0.1, -0.05) is 38.1 Å². The van der Waals surface area contributed by atoms with Gasteiger partial charge in [0, 0.05) is 41.4 Å². The molecule has 2 aromatic carbocycles. The van der Waals surface area contributed by atoms with Crippen molar-refractivity contribution in [3.05, 3.63) is 92.3 Å². The van der Waals surface area contributed by atoms with Gasteiger partial charge in [-0.25, -0.2) is 4.79 Å². The Morgan fingerprint density at radius 3 is 2.50 bits per heavy atom. The molecule has 2 atom stereocenters. The average Bonchev–Trinajstić information content (AvgIpc) is 2.86. The summed E-state index contributed by atoms with van der Waals surface area (Å²) in [6.07, 6.45) is 0.843. The molecule has 0 spiro atoms. The molecule has 0 fully saturated rings. The van der Waals surface area contributed by atoms with Crippen LogP contribution in [0.5, 0.6) is 5.75 Å². The Morgan fingerprint density at radius 2 is 1.86 bits per heavy atom. The summed E-state index contributed by atoms with van der Waals surface area (Å²) in [5.74, 6) is -0.526. The summed E-state index contributed by atoms with van der Waals surface area (Å²) in [4.78, 5) is 37.9. The average molecular weight is 491 g/mol. The zero-order chi connectivity index (χ0) is 26.0. The fourth-order valence-corrected chi connectivity index (χ4v) is 4.89. The Balaban J connectivity index is 1.77. The molecule has 2 aromatic rings. The number of dihydropyridines is 1. The molecule has 0 saturated heterocycles. The molecule has 8 nitrogen and oxygen atoms in total. The van der Waals surface area contributed by atoms with Gasteiger partial charge in [-0.05, 0) is 48.4 Å². The third kappa shape index (κ3) is 5.03. The first-order valence-electron chi connectivity index (χ1n) is 12.0. The van der Waals surface area contributed by atoms with Gasteiger partial charge in [0.1, 0.15) is 5.75 Å². The fraction of sp³-hybridized carbons (Fsp3) is 0.357. The number of hydrogen-bond acceptors (Lipinski definition) is 7. The van der Waals surface area contributed by atoms with E-state index < -0.39 is 16.8 Å². The zero-order valence-corrected chi connectivity index (χ0v) is 20.9. The lowest BCUT2D eigenvalue weighted by atomic mass is 9.71. The van der Waals surface area contributed by atoms with Crippen LogP contribution in [0.3, 0.4) is 0 Å². The molecule has 0 radical (unpaired) electrons. The second kappa shape index (κ2) is 10.4. The van der Waals surface area contributed by atoms with Crippen molar-refractivity contribution in [1.29, 1.82) is 0 Å². The first-order valence-corrected chi connectivity index (χ1v) is 12.0. The Bertz CT molecular complexity index is 1260. The van der Waals surface area contributed by atoms with E-state index in [9.17, 15) is 19.7 Å². The monoisotopic (exact) mass is 490 g/mol. The number of nitrogens with one attached hydrogen (secondary N) is 1.